The molecule has 0 saturated heterocycles. The predicted molar refractivity (Wildman–Crippen MR) is 68.8 cm³/mol. The summed E-state index contributed by atoms with van der Waals surface area (Å²) in [5.74, 6) is 0. The molecule has 0 spiro atoms. The Balaban J connectivity index is 2.85. The molecule has 0 aliphatic rings. The number of hydrogen-bond acceptors (Lipinski definition) is 2. The minimum absolute atomic E-state index is 0.0590. The maximum absolute atomic E-state index is 6.17. The second-order valence-corrected chi connectivity index (χ2v) is 4.34. The van der Waals surface area contributed by atoms with E-state index >= 15 is 0 Å². The Bertz CT molecular complexity index is 341. The van der Waals surface area contributed by atoms with Gasteiger partial charge in [0, 0.05) is 11.6 Å². The molecule has 1 aromatic rings. The molecule has 90 valence electrons. The zero-order valence-electron chi connectivity index (χ0n) is 10.2. The minimum atomic E-state index is -0.108. The minimum Gasteiger partial charge on any atom is -0.377 e. The van der Waals surface area contributed by atoms with Crippen molar-refractivity contribution in [2.24, 2.45) is 5.73 Å². The molecular formula is C13H20ClNO. The van der Waals surface area contributed by atoms with Gasteiger partial charge in [0.1, 0.15) is 0 Å². The van der Waals surface area contributed by atoms with E-state index in [1.165, 1.54) is 0 Å². The summed E-state index contributed by atoms with van der Waals surface area (Å²) in [5, 5.41) is 0.763. The molecule has 0 aliphatic heterocycles. The van der Waals surface area contributed by atoms with Crippen LogP contribution in [0.15, 0.2) is 18.2 Å². The monoisotopic (exact) mass is 241 g/mol. The zero-order valence-corrected chi connectivity index (χ0v) is 10.9. The first-order valence-corrected chi connectivity index (χ1v) is 6.11. The highest BCUT2D eigenvalue weighted by atomic mass is 35.5. The number of benzene rings is 1. The highest BCUT2D eigenvalue weighted by molar-refractivity contribution is 6.31. The summed E-state index contributed by atoms with van der Waals surface area (Å²) in [4.78, 5) is 0. The topological polar surface area (TPSA) is 35.2 Å². The molecule has 2 nitrogen and oxygen atoms in total. The molecule has 0 aliphatic carbocycles. The Morgan fingerprint density at radius 2 is 2.06 bits per heavy atom. The lowest BCUT2D eigenvalue weighted by molar-refractivity contribution is 0.0413. The first kappa shape index (κ1) is 13.5. The van der Waals surface area contributed by atoms with E-state index < -0.39 is 0 Å². The molecular weight excluding hydrogens is 222 g/mol. The average Bonchev–Trinajstić information content (AvgIpc) is 2.28. The van der Waals surface area contributed by atoms with E-state index in [2.05, 4.69) is 6.92 Å². The summed E-state index contributed by atoms with van der Waals surface area (Å²) in [6.45, 7) is 6.73. The van der Waals surface area contributed by atoms with Gasteiger partial charge >= 0.3 is 0 Å². The molecule has 0 saturated carbocycles. The Kier molecular flexibility index (Phi) is 5.26. The van der Waals surface area contributed by atoms with E-state index in [1.807, 2.05) is 32.0 Å². The molecule has 16 heavy (non-hydrogen) atoms. The van der Waals surface area contributed by atoms with E-state index in [1.54, 1.807) is 0 Å². The van der Waals surface area contributed by atoms with Crippen LogP contribution in [0.25, 0.3) is 0 Å². The Labute approximate surface area is 103 Å². The van der Waals surface area contributed by atoms with Crippen LogP contribution < -0.4 is 5.73 Å². The molecule has 0 bridgehead atoms. The fourth-order valence-electron chi connectivity index (χ4n) is 1.72. The number of halogens is 1. The van der Waals surface area contributed by atoms with Gasteiger partial charge in [0.15, 0.2) is 0 Å². The van der Waals surface area contributed by atoms with E-state index in [0.29, 0.717) is 6.61 Å². The van der Waals surface area contributed by atoms with Crippen molar-refractivity contribution in [3.8, 4) is 0 Å². The SMILES string of the molecule is CCOC(CC)C(N)c1ccc(C)c(Cl)c1. The molecule has 2 atom stereocenters. The van der Waals surface area contributed by atoms with Crippen molar-refractivity contribution in [3.05, 3.63) is 34.3 Å². The summed E-state index contributed by atoms with van der Waals surface area (Å²) >= 11 is 6.09. The van der Waals surface area contributed by atoms with Crippen molar-refractivity contribution >= 4 is 11.6 Å². The van der Waals surface area contributed by atoms with E-state index in [-0.39, 0.29) is 12.1 Å². The normalized spacial score (nSPS) is 14.8. The van der Waals surface area contributed by atoms with Gasteiger partial charge in [0.2, 0.25) is 0 Å². The maximum Gasteiger partial charge on any atom is 0.0764 e. The lowest BCUT2D eigenvalue weighted by Crippen LogP contribution is -2.28. The molecule has 1 aromatic carbocycles. The molecule has 2 unspecified atom stereocenters. The Morgan fingerprint density at radius 1 is 1.38 bits per heavy atom. The number of nitrogens with two attached hydrogens (primary N) is 1. The maximum atomic E-state index is 6.17. The predicted octanol–water partition coefficient (Wildman–Crippen LogP) is 3.46. The van der Waals surface area contributed by atoms with Crippen LogP contribution in [-0.2, 0) is 4.74 Å². The highest BCUT2D eigenvalue weighted by Crippen LogP contribution is 2.24. The molecule has 0 aromatic heterocycles. The fourth-order valence-corrected chi connectivity index (χ4v) is 1.91. The van der Waals surface area contributed by atoms with Crippen LogP contribution in [0.4, 0.5) is 0 Å². The average molecular weight is 242 g/mol. The lowest BCUT2D eigenvalue weighted by atomic mass is 9.99. The van der Waals surface area contributed by atoms with Gasteiger partial charge in [-0.25, -0.2) is 0 Å². The number of rotatable bonds is 5. The van der Waals surface area contributed by atoms with Gasteiger partial charge in [-0.1, -0.05) is 30.7 Å². The van der Waals surface area contributed by atoms with Crippen LogP contribution in [0.5, 0.6) is 0 Å². The molecule has 0 amide bonds. The van der Waals surface area contributed by atoms with Crippen molar-refractivity contribution in [3.63, 3.8) is 0 Å². The van der Waals surface area contributed by atoms with Crippen LogP contribution in [0.1, 0.15) is 37.4 Å². The molecule has 0 heterocycles. The van der Waals surface area contributed by atoms with Gasteiger partial charge in [0.25, 0.3) is 0 Å². The van der Waals surface area contributed by atoms with Crippen LogP contribution in [-0.4, -0.2) is 12.7 Å². The van der Waals surface area contributed by atoms with Gasteiger partial charge in [-0.3, -0.25) is 0 Å². The summed E-state index contributed by atoms with van der Waals surface area (Å²) in [5.41, 5.74) is 8.28. The van der Waals surface area contributed by atoms with Crippen molar-refractivity contribution in [2.75, 3.05) is 6.61 Å². The smallest absolute Gasteiger partial charge is 0.0764 e. The second-order valence-electron chi connectivity index (χ2n) is 3.94. The van der Waals surface area contributed by atoms with Crippen LogP contribution in [0.3, 0.4) is 0 Å². The summed E-state index contributed by atoms with van der Waals surface area (Å²) in [6.07, 6.45) is 0.962. The third-order valence-electron chi connectivity index (χ3n) is 2.76. The lowest BCUT2D eigenvalue weighted by Gasteiger charge is -2.23. The van der Waals surface area contributed by atoms with Crippen molar-refractivity contribution in [1.29, 1.82) is 0 Å². The van der Waals surface area contributed by atoms with Gasteiger partial charge < -0.3 is 10.5 Å². The Hall–Kier alpha value is -0.570. The zero-order chi connectivity index (χ0) is 12.1. The quantitative estimate of drug-likeness (QED) is 0.857. The van der Waals surface area contributed by atoms with Crippen molar-refractivity contribution in [2.45, 2.75) is 39.3 Å². The second kappa shape index (κ2) is 6.24. The molecule has 2 N–H and O–H groups in total. The van der Waals surface area contributed by atoms with Crippen molar-refractivity contribution in [1.82, 2.24) is 0 Å². The summed E-state index contributed by atoms with van der Waals surface area (Å²) in [7, 11) is 0. The number of hydrogen-bond donors (Lipinski definition) is 1. The van der Waals surface area contributed by atoms with Gasteiger partial charge in [-0.2, -0.15) is 0 Å². The van der Waals surface area contributed by atoms with Crippen molar-refractivity contribution < 1.29 is 4.74 Å². The van der Waals surface area contributed by atoms with Crippen LogP contribution >= 0.6 is 11.6 Å². The van der Waals surface area contributed by atoms with Gasteiger partial charge in [0.05, 0.1) is 12.1 Å². The Morgan fingerprint density at radius 3 is 2.56 bits per heavy atom. The highest BCUT2D eigenvalue weighted by Gasteiger charge is 2.18. The van der Waals surface area contributed by atoms with Gasteiger partial charge in [-0.05, 0) is 37.5 Å². The number of ether oxygens (including phenoxy) is 1. The summed E-state index contributed by atoms with van der Waals surface area (Å²) < 4.78 is 5.61. The number of aryl methyl sites for hydroxylation is 1. The van der Waals surface area contributed by atoms with Gasteiger partial charge in [-0.15, -0.1) is 0 Å². The standard InChI is InChI=1S/C13H20ClNO/c1-4-12(16-5-2)13(15)10-7-6-9(3)11(14)8-10/h6-8,12-13H,4-5,15H2,1-3H3. The van der Waals surface area contributed by atoms with Crippen LogP contribution in [0.2, 0.25) is 5.02 Å². The van der Waals surface area contributed by atoms with E-state index in [4.69, 9.17) is 22.1 Å². The van der Waals surface area contributed by atoms with E-state index in [9.17, 15) is 0 Å². The van der Waals surface area contributed by atoms with Crippen LogP contribution in [0, 0.1) is 6.92 Å². The molecule has 3 heteroatoms. The molecule has 0 radical (unpaired) electrons. The molecule has 0 fully saturated rings. The first-order chi connectivity index (χ1) is 7.60. The fraction of sp³-hybridized carbons (Fsp3) is 0.538. The first-order valence-electron chi connectivity index (χ1n) is 5.73. The summed E-state index contributed by atoms with van der Waals surface area (Å²) in [6, 6.07) is 5.84. The third kappa shape index (κ3) is 3.21. The third-order valence-corrected chi connectivity index (χ3v) is 3.17. The molecule has 1 rings (SSSR count). The van der Waals surface area contributed by atoms with E-state index in [0.717, 1.165) is 22.6 Å². The largest absolute Gasteiger partial charge is 0.377 e.